The minimum absolute atomic E-state index is 0.332. The second kappa shape index (κ2) is 7.83. The first-order valence-electron chi connectivity index (χ1n) is 7.59. The highest BCUT2D eigenvalue weighted by Gasteiger charge is 2.13. The number of pyridine rings is 1. The van der Waals surface area contributed by atoms with Gasteiger partial charge in [-0.1, -0.05) is 6.42 Å². The van der Waals surface area contributed by atoms with Crippen LogP contribution < -0.4 is 11.1 Å². The number of nitrogens with zero attached hydrogens (tertiary/aromatic N) is 2. The van der Waals surface area contributed by atoms with Crippen molar-refractivity contribution in [3.8, 4) is 0 Å². The molecule has 0 radical (unpaired) electrons. The van der Waals surface area contributed by atoms with Gasteiger partial charge in [-0.3, -0.25) is 0 Å². The third-order valence-electron chi connectivity index (χ3n) is 3.61. The summed E-state index contributed by atoms with van der Waals surface area (Å²) < 4.78 is 4.98. The van der Waals surface area contributed by atoms with E-state index < -0.39 is 5.97 Å². The molecule has 0 aromatic carbocycles. The average molecular weight is 292 g/mol. The molecule has 2 heterocycles. The molecular weight excluding hydrogens is 268 g/mol. The monoisotopic (exact) mass is 292 g/mol. The second-order valence-corrected chi connectivity index (χ2v) is 5.21. The zero-order valence-electron chi connectivity index (χ0n) is 12.6. The first-order chi connectivity index (χ1) is 10.2. The van der Waals surface area contributed by atoms with Crippen LogP contribution in [0.2, 0.25) is 0 Å². The molecule has 2 rings (SSSR count). The Morgan fingerprint density at radius 3 is 2.90 bits per heavy atom. The predicted molar refractivity (Wildman–Crippen MR) is 83.4 cm³/mol. The summed E-state index contributed by atoms with van der Waals surface area (Å²) >= 11 is 0. The van der Waals surface area contributed by atoms with Gasteiger partial charge in [0, 0.05) is 13.1 Å². The Morgan fingerprint density at radius 1 is 1.43 bits per heavy atom. The number of rotatable bonds is 6. The van der Waals surface area contributed by atoms with Gasteiger partial charge in [-0.15, -0.1) is 0 Å². The molecule has 0 bridgehead atoms. The lowest BCUT2D eigenvalue weighted by Crippen LogP contribution is -2.33. The topological polar surface area (TPSA) is 80.5 Å². The molecule has 6 heteroatoms. The van der Waals surface area contributed by atoms with Crippen LogP contribution in [-0.2, 0) is 4.74 Å². The van der Waals surface area contributed by atoms with E-state index in [2.05, 4.69) is 15.2 Å². The van der Waals surface area contributed by atoms with E-state index in [9.17, 15) is 4.79 Å². The number of anilines is 2. The summed E-state index contributed by atoms with van der Waals surface area (Å²) in [7, 11) is 0. The molecule has 6 nitrogen and oxygen atoms in total. The molecule has 1 aromatic heterocycles. The van der Waals surface area contributed by atoms with Crippen molar-refractivity contribution in [2.75, 3.05) is 43.8 Å². The van der Waals surface area contributed by atoms with E-state index in [0.29, 0.717) is 23.7 Å². The number of hydrogen-bond acceptors (Lipinski definition) is 6. The van der Waals surface area contributed by atoms with Gasteiger partial charge in [-0.05, 0) is 38.9 Å². The maximum atomic E-state index is 11.8. The van der Waals surface area contributed by atoms with Crippen molar-refractivity contribution in [3.63, 3.8) is 0 Å². The number of piperidine rings is 1. The molecule has 21 heavy (non-hydrogen) atoms. The number of nitrogens with one attached hydrogen (secondary N) is 1. The molecular formula is C15H24N4O2. The number of esters is 1. The molecule has 1 aromatic rings. The number of likely N-dealkylation sites (tertiary alicyclic amines) is 1. The summed E-state index contributed by atoms with van der Waals surface area (Å²) in [6.45, 7) is 6.24. The van der Waals surface area contributed by atoms with Crippen LogP contribution in [0.1, 0.15) is 36.5 Å². The zero-order chi connectivity index (χ0) is 15.1. The van der Waals surface area contributed by atoms with Gasteiger partial charge in [0.1, 0.15) is 5.82 Å². The van der Waals surface area contributed by atoms with Crippen molar-refractivity contribution >= 4 is 17.5 Å². The van der Waals surface area contributed by atoms with Gasteiger partial charge >= 0.3 is 5.97 Å². The fourth-order valence-electron chi connectivity index (χ4n) is 2.47. The van der Waals surface area contributed by atoms with Crippen LogP contribution in [-0.4, -0.2) is 48.6 Å². The average Bonchev–Trinajstić information content (AvgIpc) is 2.50. The first kappa shape index (κ1) is 15.6. The summed E-state index contributed by atoms with van der Waals surface area (Å²) in [5, 5.41) is 3.24. The molecule has 0 unspecified atom stereocenters. The Kier molecular flexibility index (Phi) is 5.80. The molecule has 0 saturated carbocycles. The largest absolute Gasteiger partial charge is 0.462 e. The Hall–Kier alpha value is -1.82. The van der Waals surface area contributed by atoms with E-state index in [1.54, 1.807) is 13.0 Å². The van der Waals surface area contributed by atoms with Crippen LogP contribution in [0.3, 0.4) is 0 Å². The fraction of sp³-hybridized carbons (Fsp3) is 0.600. The Bertz CT molecular complexity index is 473. The van der Waals surface area contributed by atoms with E-state index in [0.717, 1.165) is 13.1 Å². The van der Waals surface area contributed by atoms with Crippen LogP contribution in [0.15, 0.2) is 12.3 Å². The number of ether oxygens (including phenoxy) is 1. The van der Waals surface area contributed by atoms with Crippen LogP contribution in [0.5, 0.6) is 0 Å². The summed E-state index contributed by atoms with van der Waals surface area (Å²) in [5.41, 5.74) is 6.48. The highest BCUT2D eigenvalue weighted by Crippen LogP contribution is 2.16. The van der Waals surface area contributed by atoms with Gasteiger partial charge in [0.05, 0.1) is 24.1 Å². The van der Waals surface area contributed by atoms with Crippen molar-refractivity contribution in [1.82, 2.24) is 9.88 Å². The van der Waals surface area contributed by atoms with Crippen molar-refractivity contribution in [2.45, 2.75) is 26.2 Å². The summed E-state index contributed by atoms with van der Waals surface area (Å²) in [6.07, 6.45) is 5.40. The maximum absolute atomic E-state index is 11.8. The molecule has 0 atom stereocenters. The SMILES string of the molecule is CCOC(=O)c1cc(NCCN2CCCCC2)ncc1N. The first-order valence-corrected chi connectivity index (χ1v) is 7.59. The van der Waals surface area contributed by atoms with Gasteiger partial charge in [-0.25, -0.2) is 9.78 Å². The van der Waals surface area contributed by atoms with E-state index in [-0.39, 0.29) is 0 Å². The molecule has 0 spiro atoms. The summed E-state index contributed by atoms with van der Waals surface area (Å²) in [4.78, 5) is 18.4. The van der Waals surface area contributed by atoms with Crippen LogP contribution in [0, 0.1) is 0 Å². The number of hydrogen-bond donors (Lipinski definition) is 2. The summed E-state index contributed by atoms with van der Waals surface area (Å²) in [6, 6.07) is 1.66. The van der Waals surface area contributed by atoms with E-state index in [1.807, 2.05) is 0 Å². The van der Waals surface area contributed by atoms with Gasteiger partial charge in [-0.2, -0.15) is 0 Å². The Balaban J connectivity index is 1.88. The highest BCUT2D eigenvalue weighted by atomic mass is 16.5. The van der Waals surface area contributed by atoms with Gasteiger partial charge in [0.25, 0.3) is 0 Å². The number of carbonyl (C=O) groups is 1. The molecule has 3 N–H and O–H groups in total. The van der Waals surface area contributed by atoms with Gasteiger partial charge < -0.3 is 20.7 Å². The lowest BCUT2D eigenvalue weighted by atomic mass is 10.1. The second-order valence-electron chi connectivity index (χ2n) is 5.21. The maximum Gasteiger partial charge on any atom is 0.340 e. The summed E-state index contributed by atoms with van der Waals surface area (Å²) in [5.74, 6) is 0.251. The van der Waals surface area contributed by atoms with Crippen molar-refractivity contribution in [1.29, 1.82) is 0 Å². The molecule has 0 amide bonds. The number of carbonyl (C=O) groups excluding carboxylic acids is 1. The normalized spacial score (nSPS) is 15.7. The Labute approximate surface area is 125 Å². The quantitative estimate of drug-likeness (QED) is 0.777. The van der Waals surface area contributed by atoms with Crippen LogP contribution in [0.4, 0.5) is 11.5 Å². The molecule has 116 valence electrons. The molecule has 1 saturated heterocycles. The van der Waals surface area contributed by atoms with Crippen LogP contribution >= 0.6 is 0 Å². The number of nitrogens with two attached hydrogens (primary N) is 1. The molecule has 0 aliphatic carbocycles. The molecule has 1 aliphatic heterocycles. The fourth-order valence-corrected chi connectivity index (χ4v) is 2.47. The third kappa shape index (κ3) is 4.60. The minimum atomic E-state index is -0.406. The number of aromatic nitrogens is 1. The highest BCUT2D eigenvalue weighted by molar-refractivity contribution is 5.95. The van der Waals surface area contributed by atoms with E-state index >= 15 is 0 Å². The minimum Gasteiger partial charge on any atom is -0.462 e. The van der Waals surface area contributed by atoms with Crippen LogP contribution in [0.25, 0.3) is 0 Å². The smallest absolute Gasteiger partial charge is 0.340 e. The van der Waals surface area contributed by atoms with Crippen molar-refractivity contribution < 1.29 is 9.53 Å². The predicted octanol–water partition coefficient (Wildman–Crippen LogP) is 1.74. The molecule has 1 aliphatic rings. The lowest BCUT2D eigenvalue weighted by Gasteiger charge is -2.26. The third-order valence-corrected chi connectivity index (χ3v) is 3.61. The molecule has 1 fully saturated rings. The van der Waals surface area contributed by atoms with E-state index in [4.69, 9.17) is 10.5 Å². The lowest BCUT2D eigenvalue weighted by molar-refractivity contribution is 0.0527. The van der Waals surface area contributed by atoms with E-state index in [1.165, 1.54) is 38.5 Å². The van der Waals surface area contributed by atoms with Gasteiger partial charge in [0.2, 0.25) is 0 Å². The van der Waals surface area contributed by atoms with Gasteiger partial charge in [0.15, 0.2) is 0 Å². The zero-order valence-corrected chi connectivity index (χ0v) is 12.6. The number of nitrogen functional groups attached to an aromatic ring is 1. The standard InChI is InChI=1S/C15H24N4O2/c1-2-21-15(20)12-10-14(18-11-13(12)16)17-6-9-19-7-4-3-5-8-19/h10-11H,2-9,16H2,1H3,(H,17,18). The van der Waals surface area contributed by atoms with Crippen molar-refractivity contribution in [3.05, 3.63) is 17.8 Å². The Morgan fingerprint density at radius 2 is 2.19 bits per heavy atom. The van der Waals surface area contributed by atoms with Crippen molar-refractivity contribution in [2.24, 2.45) is 0 Å².